The van der Waals surface area contributed by atoms with E-state index >= 15 is 0 Å². The smallest absolute Gasteiger partial charge is 0.0701 e. The maximum Gasteiger partial charge on any atom is 0.0701 e. The summed E-state index contributed by atoms with van der Waals surface area (Å²) in [7, 11) is 1.72. The molecular formula is C10H23NO3. The molecule has 0 bridgehead atoms. The van der Waals surface area contributed by atoms with E-state index in [4.69, 9.17) is 14.2 Å². The molecule has 0 rings (SSSR count). The zero-order chi connectivity index (χ0) is 10.5. The lowest BCUT2D eigenvalue weighted by Gasteiger charge is -2.05. The molecule has 0 radical (unpaired) electrons. The molecule has 0 saturated heterocycles. The standard InChI is InChI=1S/C10H23NO3/c1-3-13-9-10-14-8-6-11-5-4-7-12-2/h11H,3-10H2,1-2H3. The minimum Gasteiger partial charge on any atom is -0.385 e. The van der Waals surface area contributed by atoms with Crippen LogP contribution in [-0.4, -0.2) is 53.2 Å². The Labute approximate surface area is 86.9 Å². The van der Waals surface area contributed by atoms with Crippen LogP contribution in [0, 0.1) is 0 Å². The average Bonchev–Trinajstić information content (AvgIpc) is 2.21. The zero-order valence-electron chi connectivity index (χ0n) is 9.38. The monoisotopic (exact) mass is 205 g/mol. The van der Waals surface area contributed by atoms with Crippen molar-refractivity contribution in [3.05, 3.63) is 0 Å². The van der Waals surface area contributed by atoms with Crippen LogP contribution in [0.25, 0.3) is 0 Å². The maximum atomic E-state index is 5.32. The van der Waals surface area contributed by atoms with Crippen molar-refractivity contribution in [1.82, 2.24) is 5.32 Å². The summed E-state index contributed by atoms with van der Waals surface area (Å²) in [6.07, 6.45) is 1.05. The van der Waals surface area contributed by atoms with Gasteiger partial charge in [-0.3, -0.25) is 0 Å². The Morgan fingerprint density at radius 2 is 1.71 bits per heavy atom. The first-order chi connectivity index (χ1) is 6.91. The summed E-state index contributed by atoms with van der Waals surface area (Å²) in [5, 5.41) is 3.27. The summed E-state index contributed by atoms with van der Waals surface area (Å²) in [6.45, 7) is 7.58. The van der Waals surface area contributed by atoms with E-state index in [1.807, 2.05) is 6.92 Å². The SMILES string of the molecule is CCOCCOCCNCCCOC. The third kappa shape index (κ3) is 11.8. The molecule has 0 aromatic carbocycles. The minimum absolute atomic E-state index is 0.688. The van der Waals surface area contributed by atoms with Crippen LogP contribution in [0.5, 0.6) is 0 Å². The Morgan fingerprint density at radius 1 is 0.929 bits per heavy atom. The van der Waals surface area contributed by atoms with E-state index in [1.165, 1.54) is 0 Å². The molecular weight excluding hydrogens is 182 g/mol. The summed E-state index contributed by atoms with van der Waals surface area (Å²) in [5.74, 6) is 0. The van der Waals surface area contributed by atoms with Gasteiger partial charge in [0, 0.05) is 26.9 Å². The number of ether oxygens (including phenoxy) is 3. The topological polar surface area (TPSA) is 39.7 Å². The van der Waals surface area contributed by atoms with E-state index < -0.39 is 0 Å². The molecule has 0 atom stereocenters. The number of nitrogens with one attached hydrogen (secondary N) is 1. The second-order valence-electron chi connectivity index (χ2n) is 2.91. The van der Waals surface area contributed by atoms with Crippen molar-refractivity contribution in [2.45, 2.75) is 13.3 Å². The first-order valence-electron chi connectivity index (χ1n) is 5.27. The highest BCUT2D eigenvalue weighted by Gasteiger charge is 1.89. The summed E-state index contributed by atoms with van der Waals surface area (Å²) in [6, 6.07) is 0. The third-order valence-corrected chi connectivity index (χ3v) is 1.70. The molecule has 1 N–H and O–H groups in total. The van der Waals surface area contributed by atoms with E-state index in [0.717, 1.165) is 39.3 Å². The van der Waals surface area contributed by atoms with Crippen molar-refractivity contribution >= 4 is 0 Å². The quantitative estimate of drug-likeness (QED) is 0.503. The molecule has 0 heterocycles. The van der Waals surface area contributed by atoms with Gasteiger partial charge in [-0.2, -0.15) is 0 Å². The van der Waals surface area contributed by atoms with E-state index in [-0.39, 0.29) is 0 Å². The minimum atomic E-state index is 0.688. The van der Waals surface area contributed by atoms with Crippen LogP contribution in [0.4, 0.5) is 0 Å². The fourth-order valence-electron chi connectivity index (χ4n) is 0.975. The molecule has 0 aliphatic rings. The van der Waals surface area contributed by atoms with Crippen molar-refractivity contribution in [3.8, 4) is 0 Å². The van der Waals surface area contributed by atoms with E-state index in [2.05, 4.69) is 5.32 Å². The van der Waals surface area contributed by atoms with Gasteiger partial charge in [0.2, 0.25) is 0 Å². The molecule has 4 heteroatoms. The Morgan fingerprint density at radius 3 is 2.43 bits per heavy atom. The van der Waals surface area contributed by atoms with Crippen LogP contribution in [0.3, 0.4) is 0 Å². The van der Waals surface area contributed by atoms with Crippen molar-refractivity contribution in [2.75, 3.05) is 53.2 Å². The first kappa shape index (κ1) is 13.8. The lowest BCUT2D eigenvalue weighted by molar-refractivity contribution is 0.0539. The van der Waals surface area contributed by atoms with E-state index in [9.17, 15) is 0 Å². The van der Waals surface area contributed by atoms with Gasteiger partial charge in [-0.05, 0) is 19.9 Å². The maximum absolute atomic E-state index is 5.32. The first-order valence-corrected chi connectivity index (χ1v) is 5.27. The second kappa shape index (κ2) is 12.8. The Bertz CT molecular complexity index is 89.4. The molecule has 0 amide bonds. The number of methoxy groups -OCH3 is 1. The number of hydrogen-bond donors (Lipinski definition) is 1. The van der Waals surface area contributed by atoms with Gasteiger partial charge in [-0.1, -0.05) is 0 Å². The molecule has 4 nitrogen and oxygen atoms in total. The molecule has 0 aliphatic heterocycles. The van der Waals surface area contributed by atoms with Crippen LogP contribution in [-0.2, 0) is 14.2 Å². The number of hydrogen-bond acceptors (Lipinski definition) is 4. The van der Waals surface area contributed by atoms with Crippen LogP contribution < -0.4 is 5.32 Å². The van der Waals surface area contributed by atoms with Crippen LogP contribution in [0.2, 0.25) is 0 Å². The zero-order valence-corrected chi connectivity index (χ0v) is 9.38. The number of rotatable bonds is 11. The van der Waals surface area contributed by atoms with E-state index in [0.29, 0.717) is 13.2 Å². The summed E-state index contributed by atoms with van der Waals surface area (Å²) < 4.78 is 15.4. The Hall–Kier alpha value is -0.160. The van der Waals surface area contributed by atoms with Gasteiger partial charge < -0.3 is 19.5 Å². The van der Waals surface area contributed by atoms with Crippen molar-refractivity contribution in [2.24, 2.45) is 0 Å². The van der Waals surface area contributed by atoms with Crippen molar-refractivity contribution < 1.29 is 14.2 Å². The Kier molecular flexibility index (Phi) is 12.7. The molecule has 0 unspecified atom stereocenters. The third-order valence-electron chi connectivity index (χ3n) is 1.70. The molecule has 86 valence electrons. The largest absolute Gasteiger partial charge is 0.385 e. The van der Waals surface area contributed by atoms with Gasteiger partial charge in [-0.25, -0.2) is 0 Å². The second-order valence-corrected chi connectivity index (χ2v) is 2.91. The van der Waals surface area contributed by atoms with Crippen molar-refractivity contribution in [1.29, 1.82) is 0 Å². The van der Waals surface area contributed by atoms with E-state index in [1.54, 1.807) is 7.11 Å². The highest BCUT2D eigenvalue weighted by Crippen LogP contribution is 1.79. The normalized spacial score (nSPS) is 10.7. The Balaban J connectivity index is 2.78. The van der Waals surface area contributed by atoms with Gasteiger partial charge >= 0.3 is 0 Å². The van der Waals surface area contributed by atoms with Crippen LogP contribution in [0.1, 0.15) is 13.3 Å². The highest BCUT2D eigenvalue weighted by atomic mass is 16.5. The van der Waals surface area contributed by atoms with Gasteiger partial charge in [-0.15, -0.1) is 0 Å². The predicted octanol–water partition coefficient (Wildman–Crippen LogP) is 0.666. The lowest BCUT2D eigenvalue weighted by Crippen LogP contribution is -2.22. The molecule has 0 fully saturated rings. The van der Waals surface area contributed by atoms with Gasteiger partial charge in [0.1, 0.15) is 0 Å². The fraction of sp³-hybridized carbons (Fsp3) is 1.00. The summed E-state index contributed by atoms with van der Waals surface area (Å²) in [4.78, 5) is 0. The summed E-state index contributed by atoms with van der Waals surface area (Å²) >= 11 is 0. The van der Waals surface area contributed by atoms with Gasteiger partial charge in [0.05, 0.1) is 19.8 Å². The summed E-state index contributed by atoms with van der Waals surface area (Å²) in [5.41, 5.74) is 0. The van der Waals surface area contributed by atoms with Crippen molar-refractivity contribution in [3.63, 3.8) is 0 Å². The molecule has 0 spiro atoms. The van der Waals surface area contributed by atoms with Gasteiger partial charge in [0.15, 0.2) is 0 Å². The highest BCUT2D eigenvalue weighted by molar-refractivity contribution is 4.45. The fourth-order valence-corrected chi connectivity index (χ4v) is 0.975. The molecule has 0 aromatic heterocycles. The van der Waals surface area contributed by atoms with Crippen LogP contribution >= 0.6 is 0 Å². The molecule has 14 heavy (non-hydrogen) atoms. The average molecular weight is 205 g/mol. The van der Waals surface area contributed by atoms with Gasteiger partial charge in [0.25, 0.3) is 0 Å². The lowest BCUT2D eigenvalue weighted by atomic mass is 10.4. The molecule has 0 saturated carbocycles. The predicted molar refractivity (Wildman–Crippen MR) is 56.7 cm³/mol. The molecule has 0 aromatic rings. The molecule has 0 aliphatic carbocycles. The van der Waals surface area contributed by atoms with Crippen LogP contribution in [0.15, 0.2) is 0 Å².